The van der Waals surface area contributed by atoms with Crippen LogP contribution in [0.5, 0.6) is 5.75 Å². The molecule has 1 unspecified atom stereocenters. The van der Waals surface area contributed by atoms with Crippen LogP contribution < -0.4 is 4.74 Å². The van der Waals surface area contributed by atoms with Crippen LogP contribution >= 0.6 is 0 Å². The maximum absolute atomic E-state index is 10.9. The number of ether oxygens (including phenoxy) is 1. The Bertz CT molecular complexity index is 595. The van der Waals surface area contributed by atoms with Crippen LogP contribution in [0.4, 0.5) is 0 Å². The third kappa shape index (κ3) is 4.60. The Hall–Kier alpha value is -2.33. The molecule has 0 aliphatic carbocycles. The topological polar surface area (TPSA) is 49.8 Å². The molecular formula is C18H21NO3. The van der Waals surface area contributed by atoms with E-state index in [0.29, 0.717) is 13.2 Å². The molecule has 0 radical (unpaired) electrons. The van der Waals surface area contributed by atoms with Crippen LogP contribution in [-0.4, -0.2) is 29.1 Å². The van der Waals surface area contributed by atoms with E-state index in [9.17, 15) is 4.79 Å². The Morgan fingerprint density at radius 3 is 2.32 bits per heavy atom. The predicted molar refractivity (Wildman–Crippen MR) is 85.8 cm³/mol. The van der Waals surface area contributed by atoms with Gasteiger partial charge in [0.2, 0.25) is 0 Å². The van der Waals surface area contributed by atoms with Crippen LogP contribution in [0.1, 0.15) is 18.1 Å². The average Bonchev–Trinajstić information content (AvgIpc) is 2.54. The number of aliphatic carboxylic acids is 1. The van der Waals surface area contributed by atoms with Gasteiger partial charge in [0.15, 0.2) is 0 Å². The second kappa shape index (κ2) is 7.61. The minimum Gasteiger partial charge on any atom is -0.489 e. The van der Waals surface area contributed by atoms with Crippen LogP contribution in [0.15, 0.2) is 54.6 Å². The van der Waals surface area contributed by atoms with E-state index in [1.807, 2.05) is 54.6 Å². The number of nitrogens with zero attached hydrogens (tertiary/aromatic N) is 1. The van der Waals surface area contributed by atoms with Crippen molar-refractivity contribution in [2.45, 2.75) is 26.1 Å². The van der Waals surface area contributed by atoms with Crippen molar-refractivity contribution in [2.24, 2.45) is 0 Å². The van der Waals surface area contributed by atoms with E-state index >= 15 is 0 Å². The lowest BCUT2D eigenvalue weighted by molar-refractivity contribution is -0.142. The summed E-state index contributed by atoms with van der Waals surface area (Å²) >= 11 is 0. The summed E-state index contributed by atoms with van der Waals surface area (Å²) in [6.45, 7) is 2.81. The van der Waals surface area contributed by atoms with Crippen LogP contribution in [0, 0.1) is 0 Å². The van der Waals surface area contributed by atoms with Crippen molar-refractivity contribution in [2.75, 3.05) is 7.05 Å². The van der Waals surface area contributed by atoms with Gasteiger partial charge in [-0.3, -0.25) is 9.69 Å². The molecule has 0 bridgehead atoms. The molecule has 0 saturated heterocycles. The molecule has 0 amide bonds. The molecule has 0 aliphatic heterocycles. The van der Waals surface area contributed by atoms with E-state index in [1.54, 1.807) is 18.9 Å². The maximum Gasteiger partial charge on any atom is 0.320 e. The quantitative estimate of drug-likeness (QED) is 0.853. The minimum atomic E-state index is -0.815. The molecule has 2 aromatic carbocycles. The Morgan fingerprint density at radius 1 is 1.09 bits per heavy atom. The Kier molecular flexibility index (Phi) is 5.55. The van der Waals surface area contributed by atoms with Crippen molar-refractivity contribution >= 4 is 5.97 Å². The molecule has 0 aliphatic rings. The van der Waals surface area contributed by atoms with E-state index in [-0.39, 0.29) is 0 Å². The Morgan fingerprint density at radius 2 is 1.73 bits per heavy atom. The molecule has 22 heavy (non-hydrogen) atoms. The first-order chi connectivity index (χ1) is 10.6. The van der Waals surface area contributed by atoms with Gasteiger partial charge < -0.3 is 9.84 Å². The molecule has 0 aromatic heterocycles. The van der Waals surface area contributed by atoms with Crippen LogP contribution in [0.3, 0.4) is 0 Å². The Balaban J connectivity index is 1.89. The van der Waals surface area contributed by atoms with Gasteiger partial charge in [-0.2, -0.15) is 0 Å². The van der Waals surface area contributed by atoms with Crippen molar-refractivity contribution in [1.82, 2.24) is 4.90 Å². The molecule has 0 spiro atoms. The summed E-state index contributed by atoms with van der Waals surface area (Å²) in [5.74, 6) is -0.00754. The number of rotatable bonds is 7. The standard InChI is InChI=1S/C18H21NO3/c1-14(18(20)21)19(2)12-15-8-10-17(11-9-15)22-13-16-6-4-3-5-7-16/h3-11,14H,12-13H2,1-2H3,(H,20,21). The zero-order chi connectivity index (χ0) is 15.9. The van der Waals surface area contributed by atoms with Crippen molar-refractivity contribution in [3.05, 3.63) is 65.7 Å². The lowest BCUT2D eigenvalue weighted by Crippen LogP contribution is -2.35. The fourth-order valence-corrected chi connectivity index (χ4v) is 2.05. The zero-order valence-corrected chi connectivity index (χ0v) is 12.9. The van der Waals surface area contributed by atoms with E-state index in [4.69, 9.17) is 9.84 Å². The monoisotopic (exact) mass is 299 g/mol. The van der Waals surface area contributed by atoms with Gasteiger partial charge in [0, 0.05) is 6.54 Å². The van der Waals surface area contributed by atoms with E-state index in [1.165, 1.54) is 0 Å². The van der Waals surface area contributed by atoms with E-state index < -0.39 is 12.0 Å². The summed E-state index contributed by atoms with van der Waals surface area (Å²) in [5, 5.41) is 8.99. The van der Waals surface area contributed by atoms with Crippen LogP contribution in [0.2, 0.25) is 0 Å². The highest BCUT2D eigenvalue weighted by Crippen LogP contribution is 2.15. The molecule has 0 fully saturated rings. The SMILES string of the molecule is CC(C(=O)O)N(C)Cc1ccc(OCc2ccccc2)cc1. The maximum atomic E-state index is 10.9. The first-order valence-corrected chi connectivity index (χ1v) is 7.25. The molecule has 1 atom stereocenters. The minimum absolute atomic E-state index is 0.506. The fraction of sp³-hybridized carbons (Fsp3) is 0.278. The van der Waals surface area contributed by atoms with Crippen molar-refractivity contribution in [1.29, 1.82) is 0 Å². The van der Waals surface area contributed by atoms with Gasteiger partial charge in [0.05, 0.1) is 0 Å². The summed E-state index contributed by atoms with van der Waals surface area (Å²) in [5.41, 5.74) is 2.18. The van der Waals surface area contributed by atoms with Crippen molar-refractivity contribution < 1.29 is 14.6 Å². The molecule has 4 nitrogen and oxygen atoms in total. The molecule has 0 heterocycles. The van der Waals surface area contributed by atoms with Gasteiger partial charge >= 0.3 is 5.97 Å². The first-order valence-electron chi connectivity index (χ1n) is 7.25. The number of likely N-dealkylation sites (N-methyl/N-ethyl adjacent to an activating group) is 1. The molecule has 2 rings (SSSR count). The number of benzene rings is 2. The van der Waals surface area contributed by atoms with Crippen molar-refractivity contribution in [3.8, 4) is 5.75 Å². The number of carboxylic acid groups (broad SMARTS) is 1. The third-order valence-corrected chi connectivity index (χ3v) is 3.62. The summed E-state index contributed by atoms with van der Waals surface area (Å²) in [4.78, 5) is 12.7. The summed E-state index contributed by atoms with van der Waals surface area (Å²) in [7, 11) is 1.80. The third-order valence-electron chi connectivity index (χ3n) is 3.62. The summed E-state index contributed by atoms with van der Waals surface area (Å²) in [6, 6.07) is 17.3. The van der Waals surface area contributed by atoms with Gasteiger partial charge in [0.25, 0.3) is 0 Å². The summed E-state index contributed by atoms with van der Waals surface area (Å²) < 4.78 is 5.73. The average molecular weight is 299 g/mol. The van der Waals surface area contributed by atoms with Crippen LogP contribution in [-0.2, 0) is 17.9 Å². The normalized spacial score (nSPS) is 12.1. The number of hydrogen-bond donors (Lipinski definition) is 1. The second-order valence-corrected chi connectivity index (χ2v) is 5.35. The second-order valence-electron chi connectivity index (χ2n) is 5.35. The zero-order valence-electron chi connectivity index (χ0n) is 12.9. The highest BCUT2D eigenvalue weighted by molar-refractivity contribution is 5.72. The van der Waals surface area contributed by atoms with Gasteiger partial charge in [-0.25, -0.2) is 0 Å². The van der Waals surface area contributed by atoms with Gasteiger partial charge in [-0.15, -0.1) is 0 Å². The highest BCUT2D eigenvalue weighted by atomic mass is 16.5. The lowest BCUT2D eigenvalue weighted by Gasteiger charge is -2.21. The van der Waals surface area contributed by atoms with E-state index in [2.05, 4.69) is 0 Å². The van der Waals surface area contributed by atoms with Gasteiger partial charge in [-0.05, 0) is 37.2 Å². The Labute approximate surface area is 131 Å². The fourth-order valence-electron chi connectivity index (χ4n) is 2.05. The summed E-state index contributed by atoms with van der Waals surface area (Å²) in [6.07, 6.45) is 0. The largest absolute Gasteiger partial charge is 0.489 e. The first kappa shape index (κ1) is 16.0. The predicted octanol–water partition coefficient (Wildman–Crippen LogP) is 3.17. The molecular weight excluding hydrogens is 278 g/mol. The van der Waals surface area contributed by atoms with Crippen molar-refractivity contribution in [3.63, 3.8) is 0 Å². The number of carboxylic acids is 1. The highest BCUT2D eigenvalue weighted by Gasteiger charge is 2.16. The van der Waals surface area contributed by atoms with E-state index in [0.717, 1.165) is 16.9 Å². The molecule has 4 heteroatoms. The molecule has 2 aromatic rings. The molecule has 116 valence electrons. The lowest BCUT2D eigenvalue weighted by atomic mass is 10.2. The van der Waals surface area contributed by atoms with Crippen LogP contribution in [0.25, 0.3) is 0 Å². The van der Waals surface area contributed by atoms with Gasteiger partial charge in [-0.1, -0.05) is 42.5 Å². The molecule has 0 saturated carbocycles. The molecule has 1 N–H and O–H groups in total. The van der Waals surface area contributed by atoms with Gasteiger partial charge in [0.1, 0.15) is 18.4 Å². The number of hydrogen-bond acceptors (Lipinski definition) is 3. The smallest absolute Gasteiger partial charge is 0.320 e. The number of carbonyl (C=O) groups is 1.